The molecule has 1 aromatic heterocycles. The van der Waals surface area contributed by atoms with Crippen LogP contribution < -0.4 is 4.74 Å². The summed E-state index contributed by atoms with van der Waals surface area (Å²) in [6.07, 6.45) is 23.9. The summed E-state index contributed by atoms with van der Waals surface area (Å²) < 4.78 is 5.89. The topological polar surface area (TPSA) is 35.0 Å². The summed E-state index contributed by atoms with van der Waals surface area (Å²) in [6, 6.07) is 8.31. The van der Waals surface area contributed by atoms with Crippen molar-refractivity contribution in [2.75, 3.05) is 12.4 Å². The lowest BCUT2D eigenvalue weighted by Gasteiger charge is -2.08. The first kappa shape index (κ1) is 27.7. The molecule has 1 heterocycles. The van der Waals surface area contributed by atoms with E-state index < -0.39 is 0 Å². The molecule has 0 aliphatic rings. The quantitative estimate of drug-likeness (QED) is 0.110. The van der Waals surface area contributed by atoms with Crippen molar-refractivity contribution in [3.8, 4) is 16.9 Å². The van der Waals surface area contributed by atoms with Crippen molar-refractivity contribution in [3.05, 3.63) is 36.7 Å². The maximum atomic E-state index is 5.89. The first-order valence-corrected chi connectivity index (χ1v) is 14.5. The van der Waals surface area contributed by atoms with Gasteiger partial charge in [-0.3, -0.25) is 0 Å². The molecule has 0 unspecified atom stereocenters. The molecule has 0 fully saturated rings. The Balaban J connectivity index is 1.58. The molecule has 0 amide bonds. The summed E-state index contributed by atoms with van der Waals surface area (Å²) in [5, 5.41) is 0.886. The van der Waals surface area contributed by atoms with E-state index >= 15 is 0 Å². The maximum Gasteiger partial charge on any atom is 0.187 e. The van der Waals surface area contributed by atoms with Crippen LogP contribution in [0.2, 0.25) is 0 Å². The molecule has 0 radical (unpaired) electrons. The van der Waals surface area contributed by atoms with Crippen LogP contribution in [0.15, 0.2) is 41.8 Å². The molecule has 0 saturated carbocycles. The molecular formula is C29H46N2OS. The Bertz CT molecular complexity index is 703. The first-order chi connectivity index (χ1) is 16.3. The predicted octanol–water partition coefficient (Wildman–Crippen LogP) is 9.51. The van der Waals surface area contributed by atoms with Crippen LogP contribution in [0.1, 0.15) is 110 Å². The lowest BCUT2D eigenvalue weighted by molar-refractivity contribution is 0.304. The van der Waals surface area contributed by atoms with Crippen molar-refractivity contribution in [1.82, 2.24) is 9.97 Å². The van der Waals surface area contributed by atoms with Gasteiger partial charge in [0.2, 0.25) is 0 Å². The third-order valence-corrected chi connectivity index (χ3v) is 7.02. The molecule has 0 aliphatic heterocycles. The molecule has 33 heavy (non-hydrogen) atoms. The molecule has 2 rings (SSSR count). The normalized spacial score (nSPS) is 11.1. The fourth-order valence-corrected chi connectivity index (χ4v) is 4.72. The van der Waals surface area contributed by atoms with Crippen LogP contribution >= 0.6 is 11.8 Å². The van der Waals surface area contributed by atoms with Gasteiger partial charge in [-0.2, -0.15) is 0 Å². The summed E-state index contributed by atoms with van der Waals surface area (Å²) in [6.45, 7) is 5.34. The van der Waals surface area contributed by atoms with Crippen LogP contribution in [0.3, 0.4) is 0 Å². The number of aromatic nitrogens is 2. The summed E-state index contributed by atoms with van der Waals surface area (Å²) in [5.41, 5.74) is 2.20. The van der Waals surface area contributed by atoms with Crippen LogP contribution in [-0.2, 0) is 0 Å². The number of rotatable bonds is 20. The SMILES string of the molecule is CCCCCCCCCCCSc1ncc(-c2ccc(OCCCCCCCC)cc2)cn1. The van der Waals surface area contributed by atoms with Gasteiger partial charge >= 0.3 is 0 Å². The number of benzene rings is 1. The number of ether oxygens (including phenoxy) is 1. The molecule has 2 aromatic rings. The lowest BCUT2D eigenvalue weighted by Crippen LogP contribution is -1.97. The Morgan fingerprint density at radius 1 is 0.606 bits per heavy atom. The van der Waals surface area contributed by atoms with Gasteiger partial charge in [-0.05, 0) is 30.5 Å². The Morgan fingerprint density at radius 3 is 1.70 bits per heavy atom. The van der Waals surface area contributed by atoms with Gasteiger partial charge in [-0.25, -0.2) is 9.97 Å². The Kier molecular flexibility index (Phi) is 15.8. The summed E-state index contributed by atoms with van der Waals surface area (Å²) in [4.78, 5) is 9.13. The second-order valence-electron chi connectivity index (χ2n) is 9.07. The number of nitrogens with zero attached hydrogens (tertiary/aromatic N) is 2. The molecule has 0 bridgehead atoms. The van der Waals surface area contributed by atoms with E-state index in [1.807, 2.05) is 12.4 Å². The molecule has 3 nitrogen and oxygen atoms in total. The molecule has 184 valence electrons. The van der Waals surface area contributed by atoms with Crippen molar-refractivity contribution < 1.29 is 4.74 Å². The minimum atomic E-state index is 0.805. The van der Waals surface area contributed by atoms with E-state index in [0.29, 0.717) is 0 Å². The molecule has 0 aliphatic carbocycles. The van der Waals surface area contributed by atoms with Crippen molar-refractivity contribution in [1.29, 1.82) is 0 Å². The molecule has 0 atom stereocenters. The van der Waals surface area contributed by atoms with Gasteiger partial charge in [-0.15, -0.1) is 0 Å². The Labute approximate surface area is 207 Å². The van der Waals surface area contributed by atoms with Crippen LogP contribution in [0, 0.1) is 0 Å². The highest BCUT2D eigenvalue weighted by Gasteiger charge is 2.03. The predicted molar refractivity (Wildman–Crippen MR) is 144 cm³/mol. The van der Waals surface area contributed by atoms with Gasteiger partial charge in [0.1, 0.15) is 5.75 Å². The zero-order valence-corrected chi connectivity index (χ0v) is 22.0. The van der Waals surface area contributed by atoms with Gasteiger partial charge in [0, 0.05) is 23.7 Å². The zero-order valence-electron chi connectivity index (χ0n) is 21.2. The van der Waals surface area contributed by atoms with Gasteiger partial charge in [0.15, 0.2) is 5.16 Å². The van der Waals surface area contributed by atoms with Crippen molar-refractivity contribution in [2.45, 2.75) is 115 Å². The zero-order chi connectivity index (χ0) is 23.4. The highest BCUT2D eigenvalue weighted by atomic mass is 32.2. The second kappa shape index (κ2) is 18.8. The van der Waals surface area contributed by atoms with Crippen molar-refractivity contribution in [3.63, 3.8) is 0 Å². The molecular weight excluding hydrogens is 424 g/mol. The smallest absolute Gasteiger partial charge is 0.187 e. The average molecular weight is 471 g/mol. The van der Waals surface area contributed by atoms with E-state index in [1.54, 1.807) is 11.8 Å². The van der Waals surface area contributed by atoms with Gasteiger partial charge in [-0.1, -0.05) is 121 Å². The van der Waals surface area contributed by atoms with E-state index in [2.05, 4.69) is 48.1 Å². The summed E-state index contributed by atoms with van der Waals surface area (Å²) >= 11 is 1.78. The van der Waals surface area contributed by atoms with E-state index in [4.69, 9.17) is 4.74 Å². The van der Waals surface area contributed by atoms with Crippen LogP contribution in [0.5, 0.6) is 5.75 Å². The second-order valence-corrected chi connectivity index (χ2v) is 10.1. The minimum absolute atomic E-state index is 0.805. The third kappa shape index (κ3) is 13.1. The number of thioether (sulfide) groups is 1. The standard InChI is InChI=1S/C29H46N2OS/c1-3-5-7-9-11-12-13-15-17-23-33-29-30-24-27(25-31-29)26-18-20-28(21-19-26)32-22-16-14-10-8-6-4-2/h18-21,24-25H,3-17,22-23H2,1-2H3. The van der Waals surface area contributed by atoms with Gasteiger partial charge < -0.3 is 4.74 Å². The molecule has 4 heteroatoms. The lowest BCUT2D eigenvalue weighted by atomic mass is 10.1. The first-order valence-electron chi connectivity index (χ1n) is 13.5. The van der Waals surface area contributed by atoms with E-state index in [9.17, 15) is 0 Å². The number of unbranched alkanes of at least 4 members (excludes halogenated alkanes) is 13. The molecule has 0 N–H and O–H groups in total. The Hall–Kier alpha value is -1.55. The average Bonchev–Trinajstić information content (AvgIpc) is 2.85. The van der Waals surface area contributed by atoms with E-state index in [0.717, 1.165) is 40.8 Å². The van der Waals surface area contributed by atoms with Gasteiger partial charge in [0.25, 0.3) is 0 Å². The monoisotopic (exact) mass is 470 g/mol. The van der Waals surface area contributed by atoms with Crippen LogP contribution in [0.4, 0.5) is 0 Å². The third-order valence-electron chi connectivity index (χ3n) is 6.06. The van der Waals surface area contributed by atoms with E-state index in [1.165, 1.54) is 89.9 Å². The van der Waals surface area contributed by atoms with Crippen molar-refractivity contribution in [2.24, 2.45) is 0 Å². The fourth-order valence-electron chi connectivity index (χ4n) is 3.93. The van der Waals surface area contributed by atoms with Crippen LogP contribution in [0.25, 0.3) is 11.1 Å². The number of hydrogen-bond acceptors (Lipinski definition) is 4. The minimum Gasteiger partial charge on any atom is -0.494 e. The highest BCUT2D eigenvalue weighted by molar-refractivity contribution is 7.99. The molecule has 1 aromatic carbocycles. The van der Waals surface area contributed by atoms with Crippen molar-refractivity contribution >= 4 is 11.8 Å². The number of hydrogen-bond donors (Lipinski definition) is 0. The van der Waals surface area contributed by atoms with Gasteiger partial charge in [0.05, 0.1) is 6.61 Å². The molecule has 0 saturated heterocycles. The molecule has 0 spiro atoms. The van der Waals surface area contributed by atoms with Crippen LogP contribution in [-0.4, -0.2) is 22.3 Å². The maximum absolute atomic E-state index is 5.89. The fraction of sp³-hybridized carbons (Fsp3) is 0.655. The Morgan fingerprint density at radius 2 is 1.12 bits per heavy atom. The summed E-state index contributed by atoms with van der Waals surface area (Å²) in [5.74, 6) is 2.06. The largest absolute Gasteiger partial charge is 0.494 e. The van der Waals surface area contributed by atoms with E-state index in [-0.39, 0.29) is 0 Å². The summed E-state index contributed by atoms with van der Waals surface area (Å²) in [7, 11) is 0. The highest BCUT2D eigenvalue weighted by Crippen LogP contribution is 2.23.